The molecule has 0 aromatic heterocycles. The summed E-state index contributed by atoms with van der Waals surface area (Å²) in [6.45, 7) is -1.14. The number of halogens is 3. The number of hydrogen-bond acceptors (Lipinski definition) is 1. The van der Waals surface area contributed by atoms with Crippen molar-refractivity contribution in [1.82, 2.24) is 0 Å². The summed E-state index contributed by atoms with van der Waals surface area (Å²) in [5, 5.41) is 11.9. The number of fused-ring (bicyclic) bond motifs is 1. The molecule has 0 saturated carbocycles. The van der Waals surface area contributed by atoms with Crippen molar-refractivity contribution in [3.05, 3.63) is 42.5 Å². The highest BCUT2D eigenvalue weighted by Gasteiger charge is 2.38. The fourth-order valence-electron chi connectivity index (χ4n) is 1.67. The van der Waals surface area contributed by atoms with Crippen LogP contribution in [0.4, 0.5) is 0 Å². The molecule has 1 N–H and O–H groups in total. The Bertz CT molecular complexity index is 505. The molecule has 0 radical (unpaired) electrons. The van der Waals surface area contributed by atoms with Gasteiger partial charge in [-0.2, -0.15) is 0 Å². The van der Waals surface area contributed by atoms with Gasteiger partial charge in [-0.15, -0.1) is 0 Å². The number of rotatable bonds is 1. The molecule has 0 saturated heterocycles. The van der Waals surface area contributed by atoms with Crippen LogP contribution in [0.5, 0.6) is 0 Å². The molecule has 5 heteroatoms. The topological polar surface area (TPSA) is 20.2 Å². The van der Waals surface area contributed by atoms with E-state index in [-0.39, 0.29) is 0 Å². The van der Waals surface area contributed by atoms with Crippen molar-refractivity contribution in [2.24, 2.45) is 0 Å². The average Bonchev–Trinajstić information content (AvgIpc) is 2.26. The maximum absolute atomic E-state index is 9.96. The lowest BCUT2D eigenvalue weighted by molar-refractivity contribution is 0.586. The van der Waals surface area contributed by atoms with Crippen molar-refractivity contribution in [2.75, 3.05) is 0 Å². The molecule has 82 valence electrons. The van der Waals surface area contributed by atoms with Crippen LogP contribution in [0.3, 0.4) is 0 Å². The van der Waals surface area contributed by atoms with Crippen LogP contribution >= 0.6 is 34.8 Å². The van der Waals surface area contributed by atoms with Crippen LogP contribution in [0.15, 0.2) is 42.5 Å². The standard InChI is InChI=1S/C11H8BCl3O/c13-11(14,15)12(16)10-7-3-5-8-4-1-2-6-9(8)10/h1-7,16H. The van der Waals surface area contributed by atoms with E-state index in [0.29, 0.717) is 5.46 Å². The van der Waals surface area contributed by atoms with Gasteiger partial charge in [0.15, 0.2) is 3.69 Å². The maximum atomic E-state index is 9.96. The molecule has 0 fully saturated rings. The van der Waals surface area contributed by atoms with Gasteiger partial charge in [-0.05, 0) is 16.2 Å². The zero-order chi connectivity index (χ0) is 11.8. The van der Waals surface area contributed by atoms with Gasteiger partial charge in [-0.1, -0.05) is 77.3 Å². The molecular weight excluding hydrogens is 265 g/mol. The van der Waals surface area contributed by atoms with E-state index in [1.165, 1.54) is 0 Å². The van der Waals surface area contributed by atoms with Crippen molar-refractivity contribution in [1.29, 1.82) is 0 Å². The Labute approximate surface area is 109 Å². The van der Waals surface area contributed by atoms with Crippen LogP contribution in [0.2, 0.25) is 0 Å². The van der Waals surface area contributed by atoms with Crippen LogP contribution in [-0.2, 0) is 0 Å². The lowest BCUT2D eigenvalue weighted by Gasteiger charge is -2.16. The maximum Gasteiger partial charge on any atom is 0.381 e. The molecular formula is C11H8BCl3O. The van der Waals surface area contributed by atoms with Crippen molar-refractivity contribution in [3.8, 4) is 0 Å². The van der Waals surface area contributed by atoms with Crippen molar-refractivity contribution >= 4 is 58.0 Å². The zero-order valence-electron chi connectivity index (χ0n) is 8.20. The van der Waals surface area contributed by atoms with Gasteiger partial charge in [0.05, 0.1) is 0 Å². The molecule has 0 amide bonds. The second-order valence-electron chi connectivity index (χ2n) is 3.51. The molecule has 0 aliphatic rings. The van der Waals surface area contributed by atoms with Gasteiger partial charge in [-0.3, -0.25) is 0 Å². The van der Waals surface area contributed by atoms with Gasteiger partial charge in [0.25, 0.3) is 0 Å². The van der Waals surface area contributed by atoms with E-state index in [9.17, 15) is 5.02 Å². The third-order valence-corrected chi connectivity index (χ3v) is 3.05. The summed E-state index contributed by atoms with van der Waals surface area (Å²) in [6.07, 6.45) is 0. The molecule has 0 bridgehead atoms. The van der Waals surface area contributed by atoms with E-state index in [2.05, 4.69) is 0 Å². The Hall–Kier alpha value is -0.405. The molecule has 0 aliphatic carbocycles. The Morgan fingerprint density at radius 2 is 1.56 bits per heavy atom. The largest absolute Gasteiger partial charge is 0.444 e. The molecule has 2 rings (SSSR count). The predicted octanol–water partition coefficient (Wildman–Crippen LogP) is 2.94. The van der Waals surface area contributed by atoms with Crippen LogP contribution in [0.25, 0.3) is 10.8 Å². The number of alkyl halides is 3. The van der Waals surface area contributed by atoms with Gasteiger partial charge in [0, 0.05) is 0 Å². The molecule has 0 unspecified atom stereocenters. The first-order chi connectivity index (χ1) is 7.50. The lowest BCUT2D eigenvalue weighted by atomic mass is 9.62. The van der Waals surface area contributed by atoms with Gasteiger partial charge in [-0.25, -0.2) is 0 Å². The minimum Gasteiger partial charge on any atom is -0.444 e. The van der Waals surface area contributed by atoms with E-state index in [4.69, 9.17) is 34.8 Å². The van der Waals surface area contributed by atoms with Crippen LogP contribution in [-0.4, -0.2) is 15.6 Å². The quantitative estimate of drug-likeness (QED) is 0.625. The molecule has 0 aliphatic heterocycles. The molecule has 16 heavy (non-hydrogen) atoms. The van der Waals surface area contributed by atoms with Crippen LogP contribution in [0.1, 0.15) is 0 Å². The fourth-order valence-corrected chi connectivity index (χ4v) is 2.02. The van der Waals surface area contributed by atoms with E-state index in [1.54, 1.807) is 6.07 Å². The van der Waals surface area contributed by atoms with E-state index in [0.717, 1.165) is 10.8 Å². The Kier molecular flexibility index (Phi) is 3.36. The van der Waals surface area contributed by atoms with Gasteiger partial charge < -0.3 is 5.02 Å². The monoisotopic (exact) mass is 272 g/mol. The normalized spacial score (nSPS) is 11.8. The smallest absolute Gasteiger partial charge is 0.381 e. The van der Waals surface area contributed by atoms with Gasteiger partial charge in [0.1, 0.15) is 0 Å². The summed E-state index contributed by atoms with van der Waals surface area (Å²) in [7, 11) is 0. The van der Waals surface area contributed by atoms with Crippen LogP contribution in [0, 0.1) is 0 Å². The van der Waals surface area contributed by atoms with E-state index >= 15 is 0 Å². The summed E-state index contributed by atoms with van der Waals surface area (Å²) in [6, 6.07) is 13.2. The van der Waals surface area contributed by atoms with E-state index < -0.39 is 10.6 Å². The fraction of sp³-hybridized carbons (Fsp3) is 0.0909. The third kappa shape index (κ3) is 2.30. The average molecular weight is 273 g/mol. The summed E-state index contributed by atoms with van der Waals surface area (Å²) in [4.78, 5) is 0. The highest BCUT2D eigenvalue weighted by molar-refractivity contribution is 6.98. The SMILES string of the molecule is OB(c1cccc2ccccc12)C(Cl)(Cl)Cl. The summed E-state index contributed by atoms with van der Waals surface area (Å²) in [5.74, 6) is 0. The Balaban J connectivity index is 2.61. The first kappa shape index (κ1) is 12.1. The lowest BCUT2D eigenvalue weighted by Crippen LogP contribution is -2.43. The highest BCUT2D eigenvalue weighted by atomic mass is 35.6. The Morgan fingerprint density at radius 1 is 0.938 bits per heavy atom. The van der Waals surface area contributed by atoms with E-state index in [1.807, 2.05) is 36.4 Å². The zero-order valence-corrected chi connectivity index (χ0v) is 10.5. The first-order valence-corrected chi connectivity index (χ1v) is 5.86. The second kappa shape index (κ2) is 4.46. The minimum absolute atomic E-state index is 0.623. The summed E-state index contributed by atoms with van der Waals surface area (Å²) in [5.41, 5.74) is 0.623. The van der Waals surface area contributed by atoms with Crippen molar-refractivity contribution < 1.29 is 5.02 Å². The molecule has 2 aromatic carbocycles. The minimum atomic E-state index is -1.72. The molecule has 0 spiro atoms. The molecule has 0 heterocycles. The number of hydrogen-bond donors (Lipinski definition) is 1. The highest BCUT2D eigenvalue weighted by Crippen LogP contribution is 2.29. The summed E-state index contributed by atoms with van der Waals surface area (Å²) < 4.78 is -1.72. The molecule has 0 atom stereocenters. The number of benzene rings is 2. The van der Waals surface area contributed by atoms with Crippen molar-refractivity contribution in [2.45, 2.75) is 3.69 Å². The summed E-state index contributed by atoms with van der Waals surface area (Å²) >= 11 is 17.1. The van der Waals surface area contributed by atoms with Gasteiger partial charge >= 0.3 is 6.92 Å². The van der Waals surface area contributed by atoms with Crippen molar-refractivity contribution in [3.63, 3.8) is 0 Å². The molecule has 1 nitrogen and oxygen atoms in total. The molecule has 2 aromatic rings. The third-order valence-electron chi connectivity index (χ3n) is 2.43. The van der Waals surface area contributed by atoms with Crippen LogP contribution < -0.4 is 5.46 Å². The van der Waals surface area contributed by atoms with Gasteiger partial charge in [0.2, 0.25) is 0 Å². The Morgan fingerprint density at radius 3 is 2.25 bits per heavy atom. The predicted molar refractivity (Wildman–Crippen MR) is 71.8 cm³/mol. The first-order valence-electron chi connectivity index (χ1n) is 4.72. The second-order valence-corrected chi connectivity index (χ2v) is 5.88.